The first-order valence-corrected chi connectivity index (χ1v) is 7.75. The summed E-state index contributed by atoms with van der Waals surface area (Å²) in [5, 5.41) is 0.217. The van der Waals surface area contributed by atoms with Gasteiger partial charge in [0.05, 0.1) is 11.8 Å². The summed E-state index contributed by atoms with van der Waals surface area (Å²) in [5.41, 5.74) is 2.86. The van der Waals surface area contributed by atoms with Crippen molar-refractivity contribution in [2.75, 3.05) is 6.61 Å². The third-order valence-corrected chi connectivity index (χ3v) is 3.91. The maximum atomic E-state index is 12.8. The first-order chi connectivity index (χ1) is 11.4. The standard InChI is InChI=1S/C17H16ClF2N3O/c1-3-14-12-9-23(15(12)4-5-21-14)8-11-6-13(18)16(22-7-11)24-10-17(2,19)20/h3-7,9,15H,1,8,10H2,2H3. The molecule has 3 rings (SSSR count). The van der Waals surface area contributed by atoms with Gasteiger partial charge in [0.25, 0.3) is 5.92 Å². The highest BCUT2D eigenvalue weighted by molar-refractivity contribution is 6.31. The number of allylic oxidation sites excluding steroid dienone is 1. The largest absolute Gasteiger partial charge is 0.470 e. The van der Waals surface area contributed by atoms with Crippen molar-refractivity contribution in [3.8, 4) is 5.88 Å². The van der Waals surface area contributed by atoms with Crippen molar-refractivity contribution < 1.29 is 13.5 Å². The summed E-state index contributed by atoms with van der Waals surface area (Å²) < 4.78 is 30.6. The van der Waals surface area contributed by atoms with E-state index >= 15 is 0 Å². The van der Waals surface area contributed by atoms with Gasteiger partial charge in [-0.25, -0.2) is 13.8 Å². The van der Waals surface area contributed by atoms with E-state index in [1.165, 1.54) is 0 Å². The maximum absolute atomic E-state index is 12.8. The number of pyridine rings is 1. The van der Waals surface area contributed by atoms with Crippen molar-refractivity contribution in [3.05, 3.63) is 59.6 Å². The van der Waals surface area contributed by atoms with Crippen molar-refractivity contribution >= 4 is 17.3 Å². The van der Waals surface area contributed by atoms with E-state index in [4.69, 9.17) is 16.3 Å². The number of hydrogen-bond acceptors (Lipinski definition) is 4. The van der Waals surface area contributed by atoms with E-state index in [0.717, 1.165) is 23.8 Å². The number of hydrogen-bond donors (Lipinski definition) is 0. The summed E-state index contributed by atoms with van der Waals surface area (Å²) in [7, 11) is 0. The molecule has 3 heterocycles. The quantitative estimate of drug-likeness (QED) is 0.777. The van der Waals surface area contributed by atoms with Gasteiger partial charge in [-0.2, -0.15) is 0 Å². The highest BCUT2D eigenvalue weighted by Gasteiger charge is 2.31. The zero-order valence-corrected chi connectivity index (χ0v) is 13.8. The predicted molar refractivity (Wildman–Crippen MR) is 89.5 cm³/mol. The molecule has 1 atom stereocenters. The van der Waals surface area contributed by atoms with Crippen LogP contribution in [0.5, 0.6) is 5.88 Å². The second kappa shape index (κ2) is 6.36. The van der Waals surface area contributed by atoms with Gasteiger partial charge in [0, 0.05) is 37.6 Å². The Labute approximate surface area is 143 Å². The molecule has 0 aromatic carbocycles. The van der Waals surface area contributed by atoms with Crippen LogP contribution >= 0.6 is 11.6 Å². The minimum atomic E-state index is -2.93. The monoisotopic (exact) mass is 351 g/mol. The van der Waals surface area contributed by atoms with Crippen LogP contribution in [-0.2, 0) is 6.54 Å². The van der Waals surface area contributed by atoms with Crippen LogP contribution in [0.1, 0.15) is 12.5 Å². The highest BCUT2D eigenvalue weighted by Crippen LogP contribution is 2.31. The van der Waals surface area contributed by atoms with E-state index in [-0.39, 0.29) is 16.9 Å². The number of aromatic nitrogens is 1. The zero-order valence-electron chi connectivity index (χ0n) is 13.0. The SMILES string of the molecule is C=CC1=NC=CC2C1=CN2Cc1cnc(OCC(C)(F)F)c(Cl)c1. The molecule has 1 aromatic heterocycles. The van der Waals surface area contributed by atoms with Gasteiger partial charge in [-0.3, -0.25) is 4.99 Å². The Morgan fingerprint density at radius 2 is 2.29 bits per heavy atom. The summed E-state index contributed by atoms with van der Waals surface area (Å²) in [6.45, 7) is 4.37. The average molecular weight is 352 g/mol. The van der Waals surface area contributed by atoms with Gasteiger partial charge < -0.3 is 9.64 Å². The molecule has 2 aliphatic rings. The topological polar surface area (TPSA) is 37.7 Å². The van der Waals surface area contributed by atoms with Crippen LogP contribution in [0, 0.1) is 0 Å². The summed E-state index contributed by atoms with van der Waals surface area (Å²) in [4.78, 5) is 10.4. The van der Waals surface area contributed by atoms with Gasteiger partial charge in [0.1, 0.15) is 5.02 Å². The fourth-order valence-electron chi connectivity index (χ4n) is 2.52. The maximum Gasteiger partial charge on any atom is 0.278 e. The van der Waals surface area contributed by atoms with Crippen molar-refractivity contribution in [3.63, 3.8) is 0 Å². The molecule has 0 N–H and O–H groups in total. The van der Waals surface area contributed by atoms with Crippen LogP contribution in [-0.4, -0.2) is 34.2 Å². The van der Waals surface area contributed by atoms with Crippen LogP contribution in [0.2, 0.25) is 5.02 Å². The number of aliphatic imine (C=N–C) groups is 1. The molecule has 0 saturated carbocycles. The third-order valence-electron chi connectivity index (χ3n) is 3.64. The molecular formula is C17H16ClF2N3O. The Hall–Kier alpha value is -2.21. The Morgan fingerprint density at radius 3 is 2.96 bits per heavy atom. The van der Waals surface area contributed by atoms with Crippen LogP contribution in [0.25, 0.3) is 0 Å². The first-order valence-electron chi connectivity index (χ1n) is 7.37. The molecule has 0 spiro atoms. The number of alkyl halides is 2. The van der Waals surface area contributed by atoms with E-state index in [9.17, 15) is 8.78 Å². The molecule has 0 bridgehead atoms. The van der Waals surface area contributed by atoms with Crippen LogP contribution in [0.4, 0.5) is 8.78 Å². The molecule has 24 heavy (non-hydrogen) atoms. The molecule has 1 unspecified atom stereocenters. The smallest absolute Gasteiger partial charge is 0.278 e. The molecule has 1 aromatic rings. The van der Waals surface area contributed by atoms with E-state index in [2.05, 4.69) is 21.5 Å². The van der Waals surface area contributed by atoms with Crippen LogP contribution in [0.3, 0.4) is 0 Å². The van der Waals surface area contributed by atoms with Crippen LogP contribution in [0.15, 0.2) is 54.0 Å². The molecule has 4 nitrogen and oxygen atoms in total. The molecule has 0 amide bonds. The Bertz CT molecular complexity index is 753. The second-order valence-electron chi connectivity index (χ2n) is 5.75. The first kappa shape index (κ1) is 16.6. The Kier molecular flexibility index (Phi) is 4.41. The van der Waals surface area contributed by atoms with Crippen molar-refractivity contribution in [1.82, 2.24) is 9.88 Å². The lowest BCUT2D eigenvalue weighted by molar-refractivity contribution is -0.0242. The molecule has 126 valence electrons. The summed E-state index contributed by atoms with van der Waals surface area (Å²) >= 11 is 6.07. The Morgan fingerprint density at radius 1 is 1.50 bits per heavy atom. The minimum absolute atomic E-state index is 0.0143. The average Bonchev–Trinajstić information content (AvgIpc) is 2.50. The van der Waals surface area contributed by atoms with Crippen molar-refractivity contribution in [1.29, 1.82) is 0 Å². The second-order valence-corrected chi connectivity index (χ2v) is 6.16. The normalized spacial score (nSPS) is 19.2. The van der Waals surface area contributed by atoms with E-state index < -0.39 is 12.5 Å². The zero-order chi connectivity index (χ0) is 17.3. The number of fused-ring (bicyclic) bond motifs is 1. The minimum Gasteiger partial charge on any atom is -0.470 e. The fourth-order valence-corrected chi connectivity index (χ4v) is 2.76. The predicted octanol–water partition coefficient (Wildman–Crippen LogP) is 3.99. The van der Waals surface area contributed by atoms with E-state index in [1.54, 1.807) is 24.5 Å². The van der Waals surface area contributed by atoms with Gasteiger partial charge in [-0.1, -0.05) is 18.2 Å². The lowest BCUT2D eigenvalue weighted by Gasteiger charge is -2.40. The van der Waals surface area contributed by atoms with Gasteiger partial charge in [-0.05, 0) is 23.8 Å². The molecule has 0 fully saturated rings. The third kappa shape index (κ3) is 3.48. The van der Waals surface area contributed by atoms with Gasteiger partial charge >= 0.3 is 0 Å². The van der Waals surface area contributed by atoms with Gasteiger partial charge in [0.15, 0.2) is 6.61 Å². The van der Waals surface area contributed by atoms with Crippen molar-refractivity contribution in [2.45, 2.75) is 25.4 Å². The molecular weight excluding hydrogens is 336 g/mol. The van der Waals surface area contributed by atoms with Gasteiger partial charge in [0.2, 0.25) is 5.88 Å². The molecule has 7 heteroatoms. The lowest BCUT2D eigenvalue weighted by atomic mass is 9.92. The highest BCUT2D eigenvalue weighted by atomic mass is 35.5. The number of rotatable bonds is 6. The van der Waals surface area contributed by atoms with E-state index in [1.807, 2.05) is 12.3 Å². The lowest BCUT2D eigenvalue weighted by Crippen LogP contribution is -2.43. The molecule has 0 aliphatic carbocycles. The molecule has 0 radical (unpaired) electrons. The fraction of sp³-hybridized carbons (Fsp3) is 0.294. The number of halogens is 3. The summed E-state index contributed by atoms with van der Waals surface area (Å²) in [6, 6.07) is 1.84. The summed E-state index contributed by atoms with van der Waals surface area (Å²) in [6.07, 6.45) is 9.07. The van der Waals surface area contributed by atoms with Gasteiger partial charge in [-0.15, -0.1) is 0 Å². The van der Waals surface area contributed by atoms with Crippen molar-refractivity contribution in [2.24, 2.45) is 4.99 Å². The molecule has 2 aliphatic heterocycles. The number of ether oxygens (including phenoxy) is 1. The Balaban J connectivity index is 1.66. The van der Waals surface area contributed by atoms with E-state index in [0.29, 0.717) is 6.54 Å². The summed E-state index contributed by atoms with van der Waals surface area (Å²) in [5.74, 6) is -2.92. The van der Waals surface area contributed by atoms with Crippen LogP contribution < -0.4 is 4.74 Å². The number of nitrogens with zero attached hydrogens (tertiary/aromatic N) is 3. The molecule has 0 saturated heterocycles.